The van der Waals surface area contributed by atoms with Gasteiger partial charge in [0.1, 0.15) is 16.6 Å². The second-order valence-corrected chi connectivity index (χ2v) is 5.64. The standard InChI is InChI=1S/C14H14ClFN2O2/c1-14(2,3)20-13(19)18-8-4-5-9-10(6-8)11(16)7-17-12(9)15/h4-7H,1-3H3,(H,18,19). The molecular formula is C14H14ClFN2O2. The molecule has 4 nitrogen and oxygen atoms in total. The topological polar surface area (TPSA) is 51.2 Å². The number of hydrogen-bond donors (Lipinski definition) is 1. The normalized spacial score (nSPS) is 11.4. The maximum absolute atomic E-state index is 13.7. The molecule has 0 atom stereocenters. The second-order valence-electron chi connectivity index (χ2n) is 5.28. The molecular weight excluding hydrogens is 283 g/mol. The van der Waals surface area contributed by atoms with Crippen molar-refractivity contribution in [2.24, 2.45) is 0 Å². The zero-order chi connectivity index (χ0) is 14.9. The molecule has 1 N–H and O–H groups in total. The number of nitrogens with one attached hydrogen (secondary N) is 1. The maximum Gasteiger partial charge on any atom is 0.412 e. The predicted molar refractivity (Wildman–Crippen MR) is 76.6 cm³/mol. The minimum atomic E-state index is -0.600. The Morgan fingerprint density at radius 2 is 2.05 bits per heavy atom. The number of rotatable bonds is 1. The number of hydrogen-bond acceptors (Lipinski definition) is 3. The molecule has 0 saturated carbocycles. The summed E-state index contributed by atoms with van der Waals surface area (Å²) < 4.78 is 18.8. The monoisotopic (exact) mass is 296 g/mol. The number of carbonyl (C=O) groups is 1. The fourth-order valence-electron chi connectivity index (χ4n) is 1.67. The Morgan fingerprint density at radius 3 is 2.70 bits per heavy atom. The third-order valence-electron chi connectivity index (χ3n) is 2.44. The Kier molecular flexibility index (Phi) is 3.81. The van der Waals surface area contributed by atoms with E-state index in [4.69, 9.17) is 16.3 Å². The van der Waals surface area contributed by atoms with Crippen LogP contribution in [0.25, 0.3) is 10.8 Å². The van der Waals surface area contributed by atoms with E-state index in [1.807, 2.05) is 0 Å². The Hall–Kier alpha value is -1.88. The summed E-state index contributed by atoms with van der Waals surface area (Å²) in [5.41, 5.74) is -0.174. The van der Waals surface area contributed by atoms with Crippen LogP contribution >= 0.6 is 11.6 Å². The summed E-state index contributed by atoms with van der Waals surface area (Å²) in [6.07, 6.45) is 0.444. The van der Waals surface area contributed by atoms with Crippen molar-refractivity contribution in [2.45, 2.75) is 26.4 Å². The molecule has 0 saturated heterocycles. The van der Waals surface area contributed by atoms with Crippen molar-refractivity contribution in [1.29, 1.82) is 0 Å². The quantitative estimate of drug-likeness (QED) is 0.795. The van der Waals surface area contributed by atoms with Gasteiger partial charge in [-0.05, 0) is 39.0 Å². The van der Waals surface area contributed by atoms with Gasteiger partial charge in [0, 0.05) is 16.5 Å². The van der Waals surface area contributed by atoms with E-state index in [9.17, 15) is 9.18 Å². The predicted octanol–water partition coefficient (Wildman–Crippen LogP) is 4.37. The zero-order valence-electron chi connectivity index (χ0n) is 11.3. The highest BCUT2D eigenvalue weighted by Crippen LogP contribution is 2.26. The van der Waals surface area contributed by atoms with E-state index in [1.54, 1.807) is 32.9 Å². The molecule has 0 unspecified atom stereocenters. The summed E-state index contributed by atoms with van der Waals surface area (Å²) in [6.45, 7) is 5.29. The van der Waals surface area contributed by atoms with Crippen LogP contribution in [-0.4, -0.2) is 16.7 Å². The summed E-state index contributed by atoms with van der Waals surface area (Å²) in [6, 6.07) is 4.70. The third-order valence-corrected chi connectivity index (χ3v) is 2.74. The molecule has 0 aliphatic heterocycles. The molecule has 1 heterocycles. The largest absolute Gasteiger partial charge is 0.444 e. The lowest BCUT2D eigenvalue weighted by Gasteiger charge is -2.19. The van der Waals surface area contributed by atoms with Crippen LogP contribution in [0.2, 0.25) is 5.15 Å². The van der Waals surface area contributed by atoms with Crippen LogP contribution in [0, 0.1) is 5.82 Å². The van der Waals surface area contributed by atoms with Crippen molar-refractivity contribution < 1.29 is 13.9 Å². The zero-order valence-corrected chi connectivity index (χ0v) is 12.1. The molecule has 1 aromatic heterocycles. The third kappa shape index (κ3) is 3.36. The van der Waals surface area contributed by atoms with E-state index >= 15 is 0 Å². The second kappa shape index (κ2) is 5.25. The molecule has 106 valence electrons. The number of amides is 1. The van der Waals surface area contributed by atoms with Crippen LogP contribution in [0.4, 0.5) is 14.9 Å². The number of ether oxygens (including phenoxy) is 1. The number of anilines is 1. The lowest BCUT2D eigenvalue weighted by atomic mass is 10.1. The Balaban J connectivity index is 2.29. The number of carbonyl (C=O) groups excluding carboxylic acids is 1. The summed E-state index contributed by atoms with van der Waals surface area (Å²) in [4.78, 5) is 15.4. The van der Waals surface area contributed by atoms with E-state index in [1.165, 1.54) is 6.07 Å². The number of pyridine rings is 1. The number of halogens is 2. The van der Waals surface area contributed by atoms with Crippen LogP contribution in [0.3, 0.4) is 0 Å². The first kappa shape index (κ1) is 14.5. The molecule has 6 heteroatoms. The molecule has 0 aliphatic rings. The van der Waals surface area contributed by atoms with Crippen LogP contribution in [0.15, 0.2) is 24.4 Å². The van der Waals surface area contributed by atoms with E-state index in [0.29, 0.717) is 16.5 Å². The molecule has 0 fully saturated rings. The van der Waals surface area contributed by atoms with Crippen molar-refractivity contribution in [3.63, 3.8) is 0 Å². The minimum absolute atomic E-state index is 0.213. The van der Waals surface area contributed by atoms with Gasteiger partial charge in [0.05, 0.1) is 6.20 Å². The molecule has 2 aromatic rings. The van der Waals surface area contributed by atoms with E-state index in [-0.39, 0.29) is 5.15 Å². The molecule has 0 aliphatic carbocycles. The van der Waals surface area contributed by atoms with E-state index in [0.717, 1.165) is 6.20 Å². The van der Waals surface area contributed by atoms with Crippen molar-refractivity contribution in [1.82, 2.24) is 4.98 Å². The first-order chi connectivity index (χ1) is 9.26. The van der Waals surface area contributed by atoms with Crippen LogP contribution in [0.1, 0.15) is 20.8 Å². The van der Waals surface area contributed by atoms with Crippen LogP contribution < -0.4 is 5.32 Å². The molecule has 2 rings (SSSR count). The Morgan fingerprint density at radius 1 is 1.35 bits per heavy atom. The number of nitrogens with zero attached hydrogens (tertiary/aromatic N) is 1. The fraction of sp³-hybridized carbons (Fsp3) is 0.286. The van der Waals surface area contributed by atoms with Gasteiger partial charge in [-0.1, -0.05) is 11.6 Å². The lowest BCUT2D eigenvalue weighted by molar-refractivity contribution is 0.0636. The summed E-state index contributed by atoms with van der Waals surface area (Å²) in [5.74, 6) is -0.503. The fourth-order valence-corrected chi connectivity index (χ4v) is 1.89. The molecule has 1 aromatic carbocycles. The summed E-state index contributed by atoms with van der Waals surface area (Å²) in [7, 11) is 0. The molecule has 0 spiro atoms. The van der Waals surface area contributed by atoms with Crippen molar-refractivity contribution in [3.8, 4) is 0 Å². The van der Waals surface area contributed by atoms with Crippen LogP contribution in [0.5, 0.6) is 0 Å². The highest BCUT2D eigenvalue weighted by atomic mass is 35.5. The van der Waals surface area contributed by atoms with Crippen molar-refractivity contribution >= 4 is 34.2 Å². The van der Waals surface area contributed by atoms with Gasteiger partial charge < -0.3 is 4.74 Å². The van der Waals surface area contributed by atoms with Gasteiger partial charge in [-0.3, -0.25) is 5.32 Å². The van der Waals surface area contributed by atoms with E-state index < -0.39 is 17.5 Å². The first-order valence-electron chi connectivity index (χ1n) is 6.00. The molecule has 20 heavy (non-hydrogen) atoms. The average molecular weight is 297 g/mol. The van der Waals surface area contributed by atoms with Crippen molar-refractivity contribution in [3.05, 3.63) is 35.4 Å². The molecule has 0 radical (unpaired) electrons. The minimum Gasteiger partial charge on any atom is -0.444 e. The Labute approximate surface area is 120 Å². The highest BCUT2D eigenvalue weighted by Gasteiger charge is 2.16. The number of benzene rings is 1. The summed E-state index contributed by atoms with van der Waals surface area (Å²) in [5, 5.41) is 3.54. The summed E-state index contributed by atoms with van der Waals surface area (Å²) >= 11 is 5.88. The number of aromatic nitrogens is 1. The maximum atomic E-state index is 13.7. The Bertz CT molecular complexity index is 668. The van der Waals surface area contributed by atoms with Gasteiger partial charge in [0.25, 0.3) is 0 Å². The van der Waals surface area contributed by atoms with E-state index in [2.05, 4.69) is 10.3 Å². The van der Waals surface area contributed by atoms with Gasteiger partial charge in [-0.2, -0.15) is 0 Å². The van der Waals surface area contributed by atoms with Gasteiger partial charge in [-0.15, -0.1) is 0 Å². The average Bonchev–Trinajstić information content (AvgIpc) is 2.31. The first-order valence-corrected chi connectivity index (χ1v) is 6.38. The van der Waals surface area contributed by atoms with Gasteiger partial charge in [0.15, 0.2) is 0 Å². The van der Waals surface area contributed by atoms with Gasteiger partial charge in [-0.25, -0.2) is 14.2 Å². The van der Waals surface area contributed by atoms with Gasteiger partial charge >= 0.3 is 6.09 Å². The lowest BCUT2D eigenvalue weighted by Crippen LogP contribution is -2.27. The van der Waals surface area contributed by atoms with Gasteiger partial charge in [0.2, 0.25) is 0 Å². The van der Waals surface area contributed by atoms with Crippen molar-refractivity contribution in [2.75, 3.05) is 5.32 Å². The smallest absolute Gasteiger partial charge is 0.412 e. The molecule has 0 bridgehead atoms. The van der Waals surface area contributed by atoms with Crippen LogP contribution in [-0.2, 0) is 4.74 Å². The molecule has 1 amide bonds. The SMILES string of the molecule is CC(C)(C)OC(=O)Nc1ccc2c(Cl)ncc(F)c2c1. The highest BCUT2D eigenvalue weighted by molar-refractivity contribution is 6.34. The number of fused-ring (bicyclic) bond motifs is 1.